The Kier molecular flexibility index (Phi) is 5.25. The van der Waals surface area contributed by atoms with E-state index in [4.69, 9.17) is 4.74 Å². The first kappa shape index (κ1) is 16.1. The quantitative estimate of drug-likeness (QED) is 0.793. The van der Waals surface area contributed by atoms with Crippen molar-refractivity contribution in [2.45, 2.75) is 39.0 Å². The summed E-state index contributed by atoms with van der Waals surface area (Å²) in [5, 5.41) is 9.23. The van der Waals surface area contributed by atoms with Crippen LogP contribution < -0.4 is 16.0 Å². The van der Waals surface area contributed by atoms with Gasteiger partial charge in [0.2, 0.25) is 0 Å². The zero-order valence-electron chi connectivity index (χ0n) is 13.3. The minimum atomic E-state index is -0.488. The number of rotatable bonds is 3. The fourth-order valence-corrected chi connectivity index (χ4v) is 2.01. The van der Waals surface area contributed by atoms with Crippen LogP contribution in [0.25, 0.3) is 0 Å². The second-order valence-corrected chi connectivity index (χ2v) is 6.25. The van der Waals surface area contributed by atoms with E-state index >= 15 is 0 Å². The second-order valence-electron chi connectivity index (χ2n) is 6.25. The van der Waals surface area contributed by atoms with Crippen LogP contribution in [0.4, 0.5) is 4.79 Å². The van der Waals surface area contributed by atoms with E-state index in [-0.39, 0.29) is 6.04 Å². The maximum Gasteiger partial charge on any atom is 0.407 e. The maximum absolute atomic E-state index is 11.7. The normalized spacial score (nSPS) is 18.0. The van der Waals surface area contributed by atoms with Gasteiger partial charge in [-0.25, -0.2) is 4.79 Å². The number of carbonyl (C=O) groups excluding carboxylic acids is 1. The molecule has 0 saturated heterocycles. The molecular formula is C16H24N4O2. The molecule has 0 spiro atoms. The highest BCUT2D eigenvalue weighted by Crippen LogP contribution is 2.07. The Hall–Kier alpha value is -2.24. The van der Waals surface area contributed by atoms with Crippen molar-refractivity contribution in [3.63, 3.8) is 0 Å². The van der Waals surface area contributed by atoms with E-state index in [1.54, 1.807) is 0 Å². The molecule has 3 N–H and O–H groups in total. The monoisotopic (exact) mass is 304 g/mol. The Morgan fingerprint density at radius 1 is 1.36 bits per heavy atom. The van der Waals surface area contributed by atoms with Crippen molar-refractivity contribution in [3.8, 4) is 0 Å². The second kappa shape index (κ2) is 7.15. The van der Waals surface area contributed by atoms with Crippen LogP contribution in [0.5, 0.6) is 0 Å². The summed E-state index contributed by atoms with van der Waals surface area (Å²) >= 11 is 0. The summed E-state index contributed by atoms with van der Waals surface area (Å²) in [5.41, 5.74) is 0.707. The summed E-state index contributed by atoms with van der Waals surface area (Å²) in [5.74, 6) is 0.756. The number of benzene rings is 1. The highest BCUT2D eigenvalue weighted by Gasteiger charge is 2.21. The van der Waals surface area contributed by atoms with Gasteiger partial charge < -0.3 is 20.7 Å². The number of hydrogen-bond acceptors (Lipinski definition) is 5. The topological polar surface area (TPSA) is 74.8 Å². The third-order valence-corrected chi connectivity index (χ3v) is 3.01. The van der Waals surface area contributed by atoms with Crippen LogP contribution in [-0.4, -0.2) is 36.8 Å². The van der Waals surface area contributed by atoms with Crippen LogP contribution in [0.2, 0.25) is 0 Å². The van der Waals surface area contributed by atoms with Crippen LogP contribution in [0.3, 0.4) is 0 Å². The number of hydrogen-bond donors (Lipinski definition) is 3. The molecule has 1 aromatic rings. The first-order chi connectivity index (χ1) is 10.4. The van der Waals surface area contributed by atoms with E-state index in [9.17, 15) is 4.79 Å². The van der Waals surface area contributed by atoms with E-state index < -0.39 is 11.7 Å². The fourth-order valence-electron chi connectivity index (χ4n) is 2.01. The van der Waals surface area contributed by atoms with Gasteiger partial charge in [-0.1, -0.05) is 30.3 Å². The van der Waals surface area contributed by atoms with Crippen molar-refractivity contribution in [3.05, 3.63) is 35.9 Å². The molecule has 1 aliphatic rings. The van der Waals surface area contributed by atoms with Crippen molar-refractivity contribution in [2.24, 2.45) is 4.99 Å². The predicted octanol–water partition coefficient (Wildman–Crippen LogP) is 1.63. The molecule has 2 rings (SSSR count). The summed E-state index contributed by atoms with van der Waals surface area (Å²) in [7, 11) is 0. The third-order valence-electron chi connectivity index (χ3n) is 3.01. The molecule has 1 atom stereocenters. The number of nitrogens with zero attached hydrogens (tertiary/aromatic N) is 1. The molecule has 6 heteroatoms. The zero-order chi connectivity index (χ0) is 16.0. The lowest BCUT2D eigenvalue weighted by Gasteiger charge is -2.26. The largest absolute Gasteiger partial charge is 0.444 e. The molecule has 0 fully saturated rings. The van der Waals surface area contributed by atoms with E-state index in [2.05, 4.69) is 33.1 Å². The molecule has 0 saturated carbocycles. The summed E-state index contributed by atoms with van der Waals surface area (Å²) in [6.45, 7) is 7.40. The number of ether oxygens (including phenoxy) is 1. The number of aliphatic imine (C=N–C) groups is 1. The van der Waals surface area contributed by atoms with Crippen LogP contribution in [0.1, 0.15) is 26.3 Å². The van der Waals surface area contributed by atoms with Gasteiger partial charge in [-0.3, -0.25) is 4.99 Å². The van der Waals surface area contributed by atoms with E-state index in [0.29, 0.717) is 13.1 Å². The Labute approximate surface area is 131 Å². The van der Waals surface area contributed by atoms with Gasteiger partial charge in [0.1, 0.15) is 5.60 Å². The average molecular weight is 304 g/mol. The predicted molar refractivity (Wildman–Crippen MR) is 86.7 cm³/mol. The highest BCUT2D eigenvalue weighted by atomic mass is 16.6. The molecule has 1 aliphatic heterocycles. The van der Waals surface area contributed by atoms with Gasteiger partial charge in [0.25, 0.3) is 0 Å². The molecule has 0 aromatic heterocycles. The SMILES string of the molecule is CC(C)(C)OC(=O)NC1CN=C(NCc2ccccc2)NC1. The lowest BCUT2D eigenvalue weighted by molar-refractivity contribution is 0.0505. The Balaban J connectivity index is 1.74. The minimum absolute atomic E-state index is 0.0582. The van der Waals surface area contributed by atoms with Gasteiger partial charge in [0, 0.05) is 13.1 Å². The van der Waals surface area contributed by atoms with Crippen LogP contribution in [-0.2, 0) is 11.3 Å². The number of alkyl carbamates (subject to hydrolysis) is 1. The smallest absolute Gasteiger partial charge is 0.407 e. The number of guanidine groups is 1. The van der Waals surface area contributed by atoms with E-state index in [0.717, 1.165) is 12.5 Å². The molecule has 120 valence electrons. The van der Waals surface area contributed by atoms with Crippen molar-refractivity contribution < 1.29 is 9.53 Å². The van der Waals surface area contributed by atoms with Gasteiger partial charge in [-0.05, 0) is 26.3 Å². The summed E-state index contributed by atoms with van der Waals surface area (Å²) < 4.78 is 5.23. The van der Waals surface area contributed by atoms with Gasteiger partial charge >= 0.3 is 6.09 Å². The van der Waals surface area contributed by atoms with Crippen molar-refractivity contribution in [1.29, 1.82) is 0 Å². The molecule has 0 aliphatic carbocycles. The van der Waals surface area contributed by atoms with Crippen molar-refractivity contribution in [1.82, 2.24) is 16.0 Å². The number of amides is 1. The zero-order valence-corrected chi connectivity index (χ0v) is 13.3. The lowest BCUT2D eigenvalue weighted by Crippen LogP contribution is -2.52. The van der Waals surface area contributed by atoms with E-state index in [1.807, 2.05) is 39.0 Å². The number of carbonyl (C=O) groups is 1. The van der Waals surface area contributed by atoms with Crippen LogP contribution >= 0.6 is 0 Å². The molecule has 6 nitrogen and oxygen atoms in total. The Morgan fingerprint density at radius 3 is 2.68 bits per heavy atom. The van der Waals surface area contributed by atoms with E-state index in [1.165, 1.54) is 5.56 Å². The summed E-state index contributed by atoms with van der Waals surface area (Å²) in [6, 6.07) is 10.1. The van der Waals surface area contributed by atoms with Crippen molar-refractivity contribution in [2.75, 3.05) is 13.1 Å². The lowest BCUT2D eigenvalue weighted by atomic mass is 10.2. The van der Waals surface area contributed by atoms with Gasteiger partial charge in [0.15, 0.2) is 5.96 Å². The molecule has 1 unspecified atom stereocenters. The number of nitrogens with one attached hydrogen (secondary N) is 3. The Bertz CT molecular complexity index is 523. The highest BCUT2D eigenvalue weighted by molar-refractivity contribution is 5.80. The van der Waals surface area contributed by atoms with Crippen molar-refractivity contribution >= 4 is 12.1 Å². The van der Waals surface area contributed by atoms with Gasteiger partial charge in [-0.15, -0.1) is 0 Å². The first-order valence-electron chi connectivity index (χ1n) is 7.48. The molecule has 22 heavy (non-hydrogen) atoms. The molecule has 0 bridgehead atoms. The van der Waals surface area contributed by atoms with Gasteiger partial charge in [-0.2, -0.15) is 0 Å². The minimum Gasteiger partial charge on any atom is -0.444 e. The standard InChI is InChI=1S/C16H24N4O2/c1-16(2,3)22-15(21)20-13-10-18-14(19-11-13)17-9-12-7-5-4-6-8-12/h4-8,13H,9-11H2,1-3H3,(H,20,21)(H2,17,18,19). The maximum atomic E-state index is 11.7. The molecule has 1 aromatic carbocycles. The van der Waals surface area contributed by atoms with Crippen LogP contribution in [0.15, 0.2) is 35.3 Å². The summed E-state index contributed by atoms with van der Waals surface area (Å²) in [4.78, 5) is 16.1. The third kappa shape index (κ3) is 5.63. The Morgan fingerprint density at radius 2 is 2.09 bits per heavy atom. The molecule has 1 amide bonds. The molecule has 1 heterocycles. The average Bonchev–Trinajstić information content (AvgIpc) is 2.45. The molecule has 0 radical (unpaired) electrons. The fraction of sp³-hybridized carbons (Fsp3) is 0.500. The van der Waals surface area contributed by atoms with Gasteiger partial charge in [0.05, 0.1) is 12.6 Å². The first-order valence-corrected chi connectivity index (χ1v) is 7.48. The molecular weight excluding hydrogens is 280 g/mol. The summed E-state index contributed by atoms with van der Waals surface area (Å²) in [6.07, 6.45) is -0.407. The van der Waals surface area contributed by atoms with Crippen LogP contribution in [0, 0.1) is 0 Å².